The van der Waals surface area contributed by atoms with Crippen molar-refractivity contribution in [2.45, 2.75) is 32.7 Å². The molecule has 1 heterocycles. The third-order valence-electron chi connectivity index (χ3n) is 4.64. The lowest BCUT2D eigenvalue weighted by molar-refractivity contribution is -0.123. The number of ether oxygens (including phenoxy) is 2. The molecule has 0 radical (unpaired) electrons. The van der Waals surface area contributed by atoms with Gasteiger partial charge in [-0.2, -0.15) is 0 Å². The Morgan fingerprint density at radius 2 is 1.93 bits per heavy atom. The summed E-state index contributed by atoms with van der Waals surface area (Å²) in [6.45, 7) is 5.12. The van der Waals surface area contributed by atoms with Crippen LogP contribution in [0.3, 0.4) is 0 Å². The molecule has 1 saturated heterocycles. The van der Waals surface area contributed by atoms with E-state index in [2.05, 4.69) is 5.32 Å². The number of nitrogens with one attached hydrogen (secondary N) is 1. The van der Waals surface area contributed by atoms with Crippen molar-refractivity contribution in [1.82, 2.24) is 5.32 Å². The lowest BCUT2D eigenvalue weighted by Crippen LogP contribution is -2.31. The summed E-state index contributed by atoms with van der Waals surface area (Å²) >= 11 is 0. The molecule has 0 saturated carbocycles. The van der Waals surface area contributed by atoms with E-state index in [1.165, 1.54) is 0 Å². The van der Waals surface area contributed by atoms with Gasteiger partial charge in [-0.1, -0.05) is 18.2 Å². The fourth-order valence-electron chi connectivity index (χ4n) is 3.20. The largest absolute Gasteiger partial charge is 0.494 e. The molecule has 1 aliphatic rings. The predicted molar refractivity (Wildman–Crippen MR) is 108 cm³/mol. The minimum absolute atomic E-state index is 0.0846. The average Bonchev–Trinajstić information content (AvgIpc) is 3.13. The van der Waals surface area contributed by atoms with E-state index in [4.69, 9.17) is 9.47 Å². The molecular weight excluding hydrogens is 356 g/mol. The van der Waals surface area contributed by atoms with Crippen LogP contribution in [-0.2, 0) is 9.59 Å². The lowest BCUT2D eigenvalue weighted by atomic mass is 10.1. The van der Waals surface area contributed by atoms with E-state index in [0.29, 0.717) is 18.8 Å². The van der Waals surface area contributed by atoms with Gasteiger partial charge in [0, 0.05) is 24.7 Å². The van der Waals surface area contributed by atoms with Crippen molar-refractivity contribution in [2.75, 3.05) is 24.7 Å². The summed E-state index contributed by atoms with van der Waals surface area (Å²) < 4.78 is 11.1. The number of carbonyl (C=O) groups is 2. The number of anilines is 1. The summed E-state index contributed by atoms with van der Waals surface area (Å²) in [5.41, 5.74) is 1.80. The van der Waals surface area contributed by atoms with E-state index in [-0.39, 0.29) is 24.5 Å². The Labute approximate surface area is 165 Å². The molecule has 2 aromatic carbocycles. The van der Waals surface area contributed by atoms with Crippen LogP contribution >= 0.6 is 0 Å². The van der Waals surface area contributed by atoms with Crippen molar-refractivity contribution >= 4 is 17.5 Å². The monoisotopic (exact) mass is 382 g/mol. The van der Waals surface area contributed by atoms with Crippen LogP contribution in [-0.4, -0.2) is 31.6 Å². The second kappa shape index (κ2) is 9.26. The highest BCUT2D eigenvalue weighted by Gasteiger charge is 2.21. The van der Waals surface area contributed by atoms with Crippen LogP contribution in [0.5, 0.6) is 11.5 Å². The Balaban J connectivity index is 1.52. The van der Waals surface area contributed by atoms with Crippen LogP contribution in [0.4, 0.5) is 5.69 Å². The first-order valence-corrected chi connectivity index (χ1v) is 9.62. The lowest BCUT2D eigenvalue weighted by Gasteiger charge is -2.17. The maximum Gasteiger partial charge on any atom is 0.258 e. The SMILES string of the molecule is CCOc1ccc(C(C)NC(=O)COc2cccc(N3CCCC3=O)c2)cc1. The molecule has 6 heteroatoms. The van der Waals surface area contributed by atoms with Gasteiger partial charge in [-0.25, -0.2) is 0 Å². The maximum absolute atomic E-state index is 12.2. The second-order valence-corrected chi connectivity index (χ2v) is 6.73. The molecule has 1 atom stereocenters. The molecule has 1 fully saturated rings. The van der Waals surface area contributed by atoms with Gasteiger partial charge in [0.1, 0.15) is 11.5 Å². The summed E-state index contributed by atoms with van der Waals surface area (Å²) in [6, 6.07) is 14.8. The molecule has 1 aliphatic heterocycles. The molecule has 2 aromatic rings. The zero-order chi connectivity index (χ0) is 19.9. The Morgan fingerprint density at radius 3 is 2.61 bits per heavy atom. The number of nitrogens with zero attached hydrogens (tertiary/aromatic N) is 1. The van der Waals surface area contributed by atoms with E-state index in [1.807, 2.05) is 50.2 Å². The fourth-order valence-corrected chi connectivity index (χ4v) is 3.20. The molecular formula is C22H26N2O4. The van der Waals surface area contributed by atoms with Gasteiger partial charge in [-0.15, -0.1) is 0 Å². The zero-order valence-electron chi connectivity index (χ0n) is 16.3. The Bertz CT molecular complexity index is 820. The van der Waals surface area contributed by atoms with Gasteiger partial charge in [0.25, 0.3) is 5.91 Å². The first kappa shape index (κ1) is 19.7. The quantitative estimate of drug-likeness (QED) is 0.759. The highest BCUT2D eigenvalue weighted by Crippen LogP contribution is 2.25. The van der Waals surface area contributed by atoms with Crippen LogP contribution < -0.4 is 19.7 Å². The summed E-state index contributed by atoms with van der Waals surface area (Å²) in [5.74, 6) is 1.30. The van der Waals surface area contributed by atoms with Gasteiger partial charge < -0.3 is 19.7 Å². The van der Waals surface area contributed by atoms with Crippen LogP contribution in [0.2, 0.25) is 0 Å². The number of amides is 2. The molecule has 0 aromatic heterocycles. The van der Waals surface area contributed by atoms with Crippen LogP contribution in [0.25, 0.3) is 0 Å². The highest BCUT2D eigenvalue weighted by atomic mass is 16.5. The van der Waals surface area contributed by atoms with Gasteiger partial charge >= 0.3 is 0 Å². The van der Waals surface area contributed by atoms with Crippen molar-refractivity contribution < 1.29 is 19.1 Å². The first-order valence-electron chi connectivity index (χ1n) is 9.62. The minimum atomic E-state index is -0.205. The van der Waals surface area contributed by atoms with Crippen LogP contribution in [0, 0.1) is 0 Å². The fraction of sp³-hybridized carbons (Fsp3) is 0.364. The molecule has 3 rings (SSSR count). The third-order valence-corrected chi connectivity index (χ3v) is 4.64. The van der Waals surface area contributed by atoms with E-state index >= 15 is 0 Å². The second-order valence-electron chi connectivity index (χ2n) is 6.73. The standard InChI is InChI=1S/C22H26N2O4/c1-3-27-19-11-9-17(10-12-19)16(2)23-21(25)15-28-20-7-4-6-18(14-20)24-13-5-8-22(24)26/h4,6-7,9-12,14,16H,3,5,8,13,15H2,1-2H3,(H,23,25). The maximum atomic E-state index is 12.2. The van der Waals surface area contributed by atoms with Crippen LogP contribution in [0.1, 0.15) is 38.3 Å². The Kier molecular flexibility index (Phi) is 6.53. The average molecular weight is 382 g/mol. The van der Waals surface area contributed by atoms with Crippen molar-refractivity contribution in [3.63, 3.8) is 0 Å². The Morgan fingerprint density at radius 1 is 1.14 bits per heavy atom. The third kappa shape index (κ3) is 5.03. The molecule has 6 nitrogen and oxygen atoms in total. The number of hydrogen-bond acceptors (Lipinski definition) is 4. The van der Waals surface area contributed by atoms with E-state index in [9.17, 15) is 9.59 Å². The van der Waals surface area contributed by atoms with E-state index in [0.717, 1.165) is 30.0 Å². The number of carbonyl (C=O) groups excluding carboxylic acids is 2. The summed E-state index contributed by atoms with van der Waals surface area (Å²) in [6.07, 6.45) is 1.45. The highest BCUT2D eigenvalue weighted by molar-refractivity contribution is 5.95. The molecule has 28 heavy (non-hydrogen) atoms. The predicted octanol–water partition coefficient (Wildman–Crippen LogP) is 3.47. The topological polar surface area (TPSA) is 67.9 Å². The smallest absolute Gasteiger partial charge is 0.258 e. The zero-order valence-corrected chi connectivity index (χ0v) is 16.3. The number of benzene rings is 2. The van der Waals surface area contributed by atoms with Crippen molar-refractivity contribution in [3.8, 4) is 11.5 Å². The van der Waals surface area contributed by atoms with Gasteiger partial charge in [0.2, 0.25) is 5.91 Å². The number of rotatable bonds is 8. The van der Waals surface area contributed by atoms with Gasteiger partial charge in [0.15, 0.2) is 6.61 Å². The van der Waals surface area contributed by atoms with E-state index in [1.54, 1.807) is 17.0 Å². The van der Waals surface area contributed by atoms with Crippen molar-refractivity contribution in [1.29, 1.82) is 0 Å². The first-order chi connectivity index (χ1) is 13.6. The molecule has 1 N–H and O–H groups in total. The van der Waals surface area contributed by atoms with Crippen molar-refractivity contribution in [3.05, 3.63) is 54.1 Å². The minimum Gasteiger partial charge on any atom is -0.494 e. The van der Waals surface area contributed by atoms with Gasteiger partial charge in [-0.05, 0) is 50.1 Å². The van der Waals surface area contributed by atoms with Crippen LogP contribution in [0.15, 0.2) is 48.5 Å². The van der Waals surface area contributed by atoms with Gasteiger partial charge in [0.05, 0.1) is 12.6 Å². The molecule has 1 unspecified atom stereocenters. The Hall–Kier alpha value is -3.02. The van der Waals surface area contributed by atoms with E-state index < -0.39 is 0 Å². The normalized spacial score (nSPS) is 14.6. The van der Waals surface area contributed by atoms with Crippen molar-refractivity contribution in [2.24, 2.45) is 0 Å². The summed E-state index contributed by atoms with van der Waals surface area (Å²) in [4.78, 5) is 25.9. The summed E-state index contributed by atoms with van der Waals surface area (Å²) in [5, 5.41) is 2.93. The number of hydrogen-bond donors (Lipinski definition) is 1. The molecule has 2 amide bonds. The molecule has 148 valence electrons. The molecule has 0 bridgehead atoms. The molecule has 0 spiro atoms. The van der Waals surface area contributed by atoms with Gasteiger partial charge in [-0.3, -0.25) is 9.59 Å². The summed E-state index contributed by atoms with van der Waals surface area (Å²) in [7, 11) is 0. The molecule has 0 aliphatic carbocycles.